The lowest BCUT2D eigenvalue weighted by Crippen LogP contribution is -2.33. The van der Waals surface area contributed by atoms with Crippen molar-refractivity contribution in [3.8, 4) is 17.6 Å². The van der Waals surface area contributed by atoms with Crippen molar-refractivity contribution in [2.45, 2.75) is 83.2 Å². The summed E-state index contributed by atoms with van der Waals surface area (Å²) in [7, 11) is 0. The van der Waals surface area contributed by atoms with Gasteiger partial charge in [0.15, 0.2) is 0 Å². The minimum absolute atomic E-state index is 0.304. The average molecular weight is 461 g/mol. The molecule has 0 amide bonds. The van der Waals surface area contributed by atoms with Crippen LogP contribution in [0.5, 0.6) is 5.75 Å². The van der Waals surface area contributed by atoms with Crippen LogP contribution in [0.4, 0.5) is 17.6 Å². The zero-order valence-corrected chi connectivity index (χ0v) is 19.1. The minimum Gasteiger partial charge on any atom is -0.428 e. The monoisotopic (exact) mass is 460 g/mol. The van der Waals surface area contributed by atoms with E-state index in [-0.39, 0.29) is 5.75 Å². The van der Waals surface area contributed by atoms with E-state index in [0.717, 1.165) is 32.1 Å². The Balaban J connectivity index is 1.46. The van der Waals surface area contributed by atoms with Crippen LogP contribution in [0.2, 0.25) is 0 Å². The van der Waals surface area contributed by atoms with E-state index >= 15 is 0 Å². The zero-order chi connectivity index (χ0) is 23.7. The number of unbranched alkanes of at least 4 members (excludes halogenated alkanes) is 3. The maximum Gasteiger partial charge on any atom is 0.461 e. The van der Waals surface area contributed by atoms with E-state index in [4.69, 9.17) is 0 Å². The maximum absolute atomic E-state index is 13.0. The molecule has 0 spiro atoms. The van der Waals surface area contributed by atoms with Gasteiger partial charge in [-0.3, -0.25) is 0 Å². The van der Waals surface area contributed by atoms with Crippen LogP contribution in [-0.2, 0) is 6.42 Å². The van der Waals surface area contributed by atoms with Crippen LogP contribution < -0.4 is 4.74 Å². The minimum atomic E-state index is -4.50. The number of benzene rings is 2. The molecule has 0 N–H and O–H groups in total. The van der Waals surface area contributed by atoms with Crippen LogP contribution in [0.15, 0.2) is 48.5 Å². The van der Waals surface area contributed by atoms with Crippen LogP contribution in [0.1, 0.15) is 80.9 Å². The van der Waals surface area contributed by atoms with Crippen molar-refractivity contribution in [2.75, 3.05) is 0 Å². The lowest BCUT2D eigenvalue weighted by atomic mass is 9.78. The molecule has 1 aliphatic rings. The second-order valence-corrected chi connectivity index (χ2v) is 8.86. The molecule has 1 fully saturated rings. The van der Waals surface area contributed by atoms with Gasteiger partial charge in [0.05, 0.1) is 0 Å². The predicted octanol–water partition coefficient (Wildman–Crippen LogP) is 8.37. The molecule has 3 rings (SSSR count). The average Bonchev–Trinajstić information content (AvgIpc) is 2.82. The summed E-state index contributed by atoms with van der Waals surface area (Å²) in [4.78, 5) is 0. The molecule has 1 saturated carbocycles. The fraction of sp³-hybridized carbons (Fsp3) is 0.500. The van der Waals surface area contributed by atoms with Gasteiger partial charge in [-0.25, -0.2) is 0 Å². The highest BCUT2D eigenvalue weighted by Gasteiger charge is 2.43. The Bertz CT molecular complexity index is 902. The van der Waals surface area contributed by atoms with Gasteiger partial charge in [0, 0.05) is 11.5 Å². The van der Waals surface area contributed by atoms with Gasteiger partial charge in [-0.1, -0.05) is 62.3 Å². The van der Waals surface area contributed by atoms with E-state index in [1.165, 1.54) is 61.1 Å². The van der Waals surface area contributed by atoms with E-state index in [9.17, 15) is 17.6 Å². The van der Waals surface area contributed by atoms with Gasteiger partial charge < -0.3 is 4.74 Å². The Morgan fingerprint density at radius 2 is 1.58 bits per heavy atom. The van der Waals surface area contributed by atoms with E-state index in [0.29, 0.717) is 17.4 Å². The van der Waals surface area contributed by atoms with Crippen LogP contribution in [0.3, 0.4) is 0 Å². The first-order valence-electron chi connectivity index (χ1n) is 11.9. The van der Waals surface area contributed by atoms with Crippen molar-refractivity contribution < 1.29 is 22.3 Å². The molecular formula is C28H32F4O. The Kier molecular flexibility index (Phi) is 9.23. The molecule has 1 aliphatic carbocycles. The molecule has 178 valence electrons. The molecule has 0 heterocycles. The van der Waals surface area contributed by atoms with Gasteiger partial charge >= 0.3 is 12.5 Å². The van der Waals surface area contributed by atoms with E-state index in [1.807, 2.05) is 0 Å². The smallest absolute Gasteiger partial charge is 0.428 e. The second kappa shape index (κ2) is 12.1. The summed E-state index contributed by atoms with van der Waals surface area (Å²) in [5.74, 6) is 6.93. The number of rotatable bonds is 9. The van der Waals surface area contributed by atoms with Crippen LogP contribution in [0, 0.1) is 17.8 Å². The molecular weight excluding hydrogens is 428 g/mol. The Morgan fingerprint density at radius 3 is 2.18 bits per heavy atom. The number of halogens is 4. The van der Waals surface area contributed by atoms with Crippen LogP contribution in [0.25, 0.3) is 0 Å². The third-order valence-corrected chi connectivity index (χ3v) is 6.28. The van der Waals surface area contributed by atoms with Gasteiger partial charge in [-0.2, -0.15) is 17.6 Å². The number of hydrogen-bond donors (Lipinski definition) is 0. The lowest BCUT2D eigenvalue weighted by molar-refractivity contribution is -0.253. The number of ether oxygens (including phenoxy) is 1. The van der Waals surface area contributed by atoms with Gasteiger partial charge in [-0.05, 0) is 79.8 Å². The molecule has 0 saturated heterocycles. The topological polar surface area (TPSA) is 9.23 Å². The molecule has 0 aromatic heterocycles. The Hall–Kier alpha value is -2.48. The van der Waals surface area contributed by atoms with E-state index in [1.54, 1.807) is 0 Å². The van der Waals surface area contributed by atoms with Crippen LogP contribution >= 0.6 is 0 Å². The summed E-state index contributed by atoms with van der Waals surface area (Å²) < 4.78 is 54.5. The number of hydrogen-bond acceptors (Lipinski definition) is 1. The third-order valence-electron chi connectivity index (χ3n) is 6.28. The van der Waals surface area contributed by atoms with E-state index < -0.39 is 12.5 Å². The first-order valence-corrected chi connectivity index (χ1v) is 11.9. The summed E-state index contributed by atoms with van der Waals surface area (Å²) in [6.45, 7) is 2.23. The van der Waals surface area contributed by atoms with Crippen LogP contribution in [-0.4, -0.2) is 12.5 Å². The quantitative estimate of drug-likeness (QED) is 0.207. The largest absolute Gasteiger partial charge is 0.461 e. The number of alkyl halides is 4. The van der Waals surface area contributed by atoms with Crippen molar-refractivity contribution in [3.05, 3.63) is 65.2 Å². The third kappa shape index (κ3) is 7.81. The highest BCUT2D eigenvalue weighted by Crippen LogP contribution is 2.35. The normalized spacial score (nSPS) is 18.6. The highest BCUT2D eigenvalue weighted by molar-refractivity contribution is 5.39. The molecule has 0 radical (unpaired) electrons. The fourth-order valence-electron chi connectivity index (χ4n) is 4.28. The first kappa shape index (κ1) is 25.1. The summed E-state index contributed by atoms with van der Waals surface area (Å²) in [6, 6.07) is 14.6. The lowest BCUT2D eigenvalue weighted by Gasteiger charge is -2.26. The van der Waals surface area contributed by atoms with Crippen molar-refractivity contribution in [1.82, 2.24) is 0 Å². The molecule has 2 aromatic carbocycles. The van der Waals surface area contributed by atoms with Gasteiger partial charge in [0.25, 0.3) is 0 Å². The SMILES string of the molecule is CCCCCCc1ccc(C2CCC(C#Cc3ccc(OC(F)(F)C(F)F)cc3)CC2)cc1. The van der Waals surface area contributed by atoms with Crippen molar-refractivity contribution in [2.24, 2.45) is 5.92 Å². The molecule has 2 aromatic rings. The zero-order valence-electron chi connectivity index (χ0n) is 19.1. The molecule has 5 heteroatoms. The summed E-state index contributed by atoms with van der Waals surface area (Å²) in [5.41, 5.74) is 3.48. The summed E-state index contributed by atoms with van der Waals surface area (Å²) >= 11 is 0. The molecule has 0 unspecified atom stereocenters. The van der Waals surface area contributed by atoms with Crippen molar-refractivity contribution in [1.29, 1.82) is 0 Å². The number of aryl methyl sites for hydroxylation is 1. The van der Waals surface area contributed by atoms with Crippen molar-refractivity contribution >= 4 is 0 Å². The summed E-state index contributed by atoms with van der Waals surface area (Å²) in [6.07, 6.45) is 2.17. The second-order valence-electron chi connectivity index (χ2n) is 8.86. The molecule has 1 nitrogen and oxygen atoms in total. The fourth-order valence-corrected chi connectivity index (χ4v) is 4.28. The predicted molar refractivity (Wildman–Crippen MR) is 124 cm³/mol. The molecule has 0 aliphatic heterocycles. The van der Waals surface area contributed by atoms with E-state index in [2.05, 4.69) is 47.8 Å². The van der Waals surface area contributed by atoms with Gasteiger partial charge in [0.1, 0.15) is 5.75 Å². The standard InChI is InChI=1S/C28H32F4O/c1-2-3-4-5-6-21-9-15-24(16-10-21)25-17-11-22(12-18-25)7-8-23-13-19-26(20-14-23)33-28(31,32)27(29)30/h9-10,13-16,19-20,22,25,27H,2-6,11-12,17-18H2,1H3. The maximum atomic E-state index is 13.0. The molecule has 0 atom stereocenters. The van der Waals surface area contributed by atoms with Crippen molar-refractivity contribution in [3.63, 3.8) is 0 Å². The first-order chi connectivity index (χ1) is 15.9. The Labute approximate surface area is 194 Å². The molecule has 0 bridgehead atoms. The highest BCUT2D eigenvalue weighted by atomic mass is 19.3. The van der Waals surface area contributed by atoms with Gasteiger partial charge in [0.2, 0.25) is 0 Å². The summed E-state index contributed by atoms with van der Waals surface area (Å²) in [5, 5.41) is 0. The Morgan fingerprint density at radius 1 is 0.909 bits per heavy atom. The van der Waals surface area contributed by atoms with Gasteiger partial charge in [-0.15, -0.1) is 0 Å². The molecule has 33 heavy (non-hydrogen) atoms.